The standard InChI is InChI=1S/C24H29NO4/c1-16(2)19-10-7-18(8-11-19)15-29-24(28)25-12-4-5-21(14-25)20-9-6-17(3)22(13-20)23(26)27/h6-11,13,16,21H,4-5,12,14-15H2,1-3H3,(H,26,27). The lowest BCUT2D eigenvalue weighted by atomic mass is 9.89. The van der Waals surface area contributed by atoms with Gasteiger partial charge in [-0.1, -0.05) is 50.2 Å². The lowest BCUT2D eigenvalue weighted by molar-refractivity contribution is 0.0694. The first kappa shape index (κ1) is 20.9. The number of carboxylic acids is 1. The molecule has 0 aliphatic carbocycles. The third kappa shape index (κ3) is 5.17. The average molecular weight is 395 g/mol. The van der Waals surface area contributed by atoms with Gasteiger partial charge in [-0.05, 0) is 54.0 Å². The van der Waals surface area contributed by atoms with Gasteiger partial charge in [-0.25, -0.2) is 9.59 Å². The molecular weight excluding hydrogens is 366 g/mol. The second-order valence-electron chi connectivity index (χ2n) is 8.12. The maximum atomic E-state index is 12.6. The molecule has 1 fully saturated rings. The van der Waals surface area contributed by atoms with Gasteiger partial charge < -0.3 is 14.7 Å². The fraction of sp³-hybridized carbons (Fsp3) is 0.417. The minimum Gasteiger partial charge on any atom is -0.478 e. The van der Waals surface area contributed by atoms with Crippen molar-refractivity contribution in [3.63, 3.8) is 0 Å². The van der Waals surface area contributed by atoms with Crippen molar-refractivity contribution in [3.05, 3.63) is 70.3 Å². The molecule has 0 spiro atoms. The molecule has 2 aromatic rings. The number of nitrogens with zero attached hydrogens (tertiary/aromatic N) is 1. The number of ether oxygens (including phenoxy) is 1. The second-order valence-corrected chi connectivity index (χ2v) is 8.12. The zero-order chi connectivity index (χ0) is 21.0. The van der Waals surface area contributed by atoms with E-state index in [0.29, 0.717) is 24.6 Å². The van der Waals surface area contributed by atoms with E-state index in [4.69, 9.17) is 4.74 Å². The minimum atomic E-state index is -0.917. The Hall–Kier alpha value is -2.82. The summed E-state index contributed by atoms with van der Waals surface area (Å²) < 4.78 is 5.53. The Morgan fingerprint density at radius 1 is 1.17 bits per heavy atom. The predicted octanol–water partition coefficient (Wildman–Crippen LogP) is 5.33. The third-order valence-corrected chi connectivity index (χ3v) is 5.65. The van der Waals surface area contributed by atoms with Gasteiger partial charge in [0.1, 0.15) is 6.61 Å². The molecule has 0 radical (unpaired) electrons. The molecule has 1 unspecified atom stereocenters. The first-order valence-electron chi connectivity index (χ1n) is 10.2. The molecule has 0 bridgehead atoms. The van der Waals surface area contributed by atoms with Gasteiger partial charge in [0.15, 0.2) is 0 Å². The number of piperidine rings is 1. The largest absolute Gasteiger partial charge is 0.478 e. The van der Waals surface area contributed by atoms with E-state index in [9.17, 15) is 14.7 Å². The topological polar surface area (TPSA) is 66.8 Å². The number of carbonyl (C=O) groups is 2. The summed E-state index contributed by atoms with van der Waals surface area (Å²) in [5.74, 6) is -0.319. The van der Waals surface area contributed by atoms with Crippen LogP contribution in [0.2, 0.25) is 0 Å². The van der Waals surface area contributed by atoms with Crippen molar-refractivity contribution >= 4 is 12.1 Å². The number of hydrogen-bond donors (Lipinski definition) is 1. The summed E-state index contributed by atoms with van der Waals surface area (Å²) in [6.45, 7) is 7.56. The van der Waals surface area contributed by atoms with Gasteiger partial charge in [0, 0.05) is 19.0 Å². The number of likely N-dealkylation sites (tertiary alicyclic amines) is 1. The van der Waals surface area contributed by atoms with Crippen molar-refractivity contribution in [1.29, 1.82) is 0 Å². The maximum Gasteiger partial charge on any atom is 0.410 e. The van der Waals surface area contributed by atoms with Crippen molar-refractivity contribution in [3.8, 4) is 0 Å². The van der Waals surface area contributed by atoms with Gasteiger partial charge >= 0.3 is 12.1 Å². The van der Waals surface area contributed by atoms with Gasteiger partial charge in [0.2, 0.25) is 0 Å². The molecule has 1 aliphatic rings. The second kappa shape index (κ2) is 9.12. The Kier molecular flexibility index (Phi) is 6.57. The van der Waals surface area contributed by atoms with Crippen LogP contribution >= 0.6 is 0 Å². The van der Waals surface area contributed by atoms with Crippen LogP contribution in [-0.2, 0) is 11.3 Å². The Labute approximate surface area is 172 Å². The highest BCUT2D eigenvalue weighted by atomic mass is 16.6. The summed E-state index contributed by atoms with van der Waals surface area (Å²) in [5, 5.41) is 9.37. The fourth-order valence-corrected chi connectivity index (χ4v) is 3.77. The van der Waals surface area contributed by atoms with Crippen LogP contribution < -0.4 is 0 Å². The van der Waals surface area contributed by atoms with Crippen molar-refractivity contribution < 1.29 is 19.4 Å². The van der Waals surface area contributed by atoms with Crippen molar-refractivity contribution in [2.45, 2.75) is 52.1 Å². The smallest absolute Gasteiger partial charge is 0.410 e. The highest BCUT2D eigenvalue weighted by Gasteiger charge is 2.26. The number of benzene rings is 2. The van der Waals surface area contributed by atoms with E-state index in [1.54, 1.807) is 17.9 Å². The van der Waals surface area contributed by atoms with E-state index in [1.807, 2.05) is 24.3 Å². The van der Waals surface area contributed by atoms with Crippen LogP contribution in [0.5, 0.6) is 0 Å². The lowest BCUT2D eigenvalue weighted by Crippen LogP contribution is -2.39. The van der Waals surface area contributed by atoms with Crippen molar-refractivity contribution in [2.24, 2.45) is 0 Å². The summed E-state index contributed by atoms with van der Waals surface area (Å²) in [4.78, 5) is 25.7. The van der Waals surface area contributed by atoms with E-state index in [1.165, 1.54) is 5.56 Å². The van der Waals surface area contributed by atoms with Crippen LogP contribution in [0, 0.1) is 6.92 Å². The van der Waals surface area contributed by atoms with Gasteiger partial charge in [0.05, 0.1) is 5.56 Å². The molecule has 1 N–H and O–H groups in total. The monoisotopic (exact) mass is 395 g/mol. The van der Waals surface area contributed by atoms with Crippen LogP contribution in [0.4, 0.5) is 4.79 Å². The van der Waals surface area contributed by atoms with E-state index < -0.39 is 5.97 Å². The van der Waals surface area contributed by atoms with Crippen molar-refractivity contribution in [1.82, 2.24) is 4.90 Å². The number of aryl methyl sites for hydroxylation is 1. The zero-order valence-corrected chi connectivity index (χ0v) is 17.4. The summed E-state index contributed by atoms with van der Waals surface area (Å²) in [7, 11) is 0. The highest BCUT2D eigenvalue weighted by Crippen LogP contribution is 2.29. The normalized spacial score (nSPS) is 16.7. The summed E-state index contributed by atoms with van der Waals surface area (Å²) in [6, 6.07) is 13.7. The van der Waals surface area contributed by atoms with Gasteiger partial charge in [-0.2, -0.15) is 0 Å². The quantitative estimate of drug-likeness (QED) is 0.743. The summed E-state index contributed by atoms with van der Waals surface area (Å²) >= 11 is 0. The Bertz CT molecular complexity index is 873. The molecule has 1 amide bonds. The molecule has 0 aromatic heterocycles. The Balaban J connectivity index is 1.60. The minimum absolute atomic E-state index is 0.125. The van der Waals surface area contributed by atoms with Crippen LogP contribution in [0.3, 0.4) is 0 Å². The third-order valence-electron chi connectivity index (χ3n) is 5.65. The van der Waals surface area contributed by atoms with E-state index in [0.717, 1.165) is 29.5 Å². The first-order chi connectivity index (χ1) is 13.8. The van der Waals surface area contributed by atoms with E-state index in [-0.39, 0.29) is 18.6 Å². The molecule has 5 heteroatoms. The maximum absolute atomic E-state index is 12.6. The Morgan fingerprint density at radius 3 is 2.55 bits per heavy atom. The predicted molar refractivity (Wildman–Crippen MR) is 112 cm³/mol. The molecular formula is C24H29NO4. The number of hydrogen-bond acceptors (Lipinski definition) is 3. The number of carbonyl (C=O) groups excluding carboxylic acids is 1. The van der Waals surface area contributed by atoms with Gasteiger partial charge in [-0.3, -0.25) is 0 Å². The average Bonchev–Trinajstić information content (AvgIpc) is 2.72. The number of aromatic carboxylic acids is 1. The highest BCUT2D eigenvalue weighted by molar-refractivity contribution is 5.89. The van der Waals surface area contributed by atoms with E-state index >= 15 is 0 Å². The molecule has 1 saturated heterocycles. The Morgan fingerprint density at radius 2 is 1.90 bits per heavy atom. The zero-order valence-electron chi connectivity index (χ0n) is 17.4. The van der Waals surface area contributed by atoms with Crippen LogP contribution in [0.1, 0.15) is 71.1 Å². The van der Waals surface area contributed by atoms with E-state index in [2.05, 4.69) is 26.0 Å². The molecule has 154 valence electrons. The molecule has 1 atom stereocenters. The van der Waals surface area contributed by atoms with Gasteiger partial charge in [0.25, 0.3) is 0 Å². The summed E-state index contributed by atoms with van der Waals surface area (Å²) in [5.41, 5.74) is 4.28. The molecule has 1 aliphatic heterocycles. The van der Waals surface area contributed by atoms with Crippen LogP contribution in [0.25, 0.3) is 0 Å². The molecule has 29 heavy (non-hydrogen) atoms. The number of amides is 1. The van der Waals surface area contributed by atoms with Crippen LogP contribution in [0.15, 0.2) is 42.5 Å². The SMILES string of the molecule is Cc1ccc(C2CCCN(C(=O)OCc3ccc(C(C)C)cc3)C2)cc1C(=O)O. The molecule has 3 rings (SSSR count). The molecule has 1 heterocycles. The summed E-state index contributed by atoms with van der Waals surface area (Å²) in [6.07, 6.45) is 1.50. The fourth-order valence-electron chi connectivity index (χ4n) is 3.77. The molecule has 2 aromatic carbocycles. The molecule has 5 nitrogen and oxygen atoms in total. The van der Waals surface area contributed by atoms with Crippen LogP contribution in [-0.4, -0.2) is 35.2 Å². The van der Waals surface area contributed by atoms with Crippen molar-refractivity contribution in [2.75, 3.05) is 13.1 Å². The lowest BCUT2D eigenvalue weighted by Gasteiger charge is -2.32. The molecule has 0 saturated carbocycles. The first-order valence-corrected chi connectivity index (χ1v) is 10.2. The van der Waals surface area contributed by atoms with Gasteiger partial charge in [-0.15, -0.1) is 0 Å². The number of rotatable bonds is 5. The number of carboxylic acid groups (broad SMARTS) is 1.